The van der Waals surface area contributed by atoms with Crippen LogP contribution in [-0.4, -0.2) is 19.0 Å². The van der Waals surface area contributed by atoms with Crippen LogP contribution in [0.25, 0.3) is 0 Å². The van der Waals surface area contributed by atoms with E-state index in [0.717, 1.165) is 0 Å². The normalized spacial score (nSPS) is 20.1. The maximum atomic E-state index is 3.16. The summed E-state index contributed by atoms with van der Waals surface area (Å²) in [6, 6.07) is 10.2. The molecule has 2 rings (SSSR count). The molecule has 1 radical (unpaired) electrons. The summed E-state index contributed by atoms with van der Waals surface area (Å²) in [5.41, 5.74) is 3.00. The zero-order valence-electron chi connectivity index (χ0n) is 8.83. The van der Waals surface area contributed by atoms with Crippen molar-refractivity contribution in [1.29, 1.82) is 0 Å². The van der Waals surface area contributed by atoms with Crippen molar-refractivity contribution in [1.82, 2.24) is 4.90 Å². The van der Waals surface area contributed by atoms with E-state index in [-0.39, 0.29) is 18.6 Å². The number of fused-ring (bicyclic) bond motifs is 1. The quantitative estimate of drug-likeness (QED) is 0.663. The van der Waals surface area contributed by atoms with Crippen molar-refractivity contribution in [2.24, 2.45) is 0 Å². The Balaban J connectivity index is 0.000000980. The van der Waals surface area contributed by atoms with Gasteiger partial charge in [0.1, 0.15) is 0 Å². The molecule has 1 unspecified atom stereocenters. The molecule has 1 aromatic rings. The second-order valence-electron chi connectivity index (χ2n) is 4.00. The van der Waals surface area contributed by atoms with E-state index in [0.29, 0.717) is 6.04 Å². The van der Waals surface area contributed by atoms with E-state index in [4.69, 9.17) is 0 Å². The molecule has 1 atom stereocenters. The van der Waals surface area contributed by atoms with Crippen molar-refractivity contribution in [2.75, 3.05) is 14.1 Å². The summed E-state index contributed by atoms with van der Waals surface area (Å²) in [4.78, 5) is 2.32. The van der Waals surface area contributed by atoms with Gasteiger partial charge >= 0.3 is 0 Å². The molecule has 1 aromatic carbocycles. The van der Waals surface area contributed by atoms with E-state index >= 15 is 0 Å². The van der Waals surface area contributed by atoms with Gasteiger partial charge in [-0.2, -0.15) is 29.8 Å². The van der Waals surface area contributed by atoms with Gasteiger partial charge in [-0.05, 0) is 20.5 Å². The zero-order chi connectivity index (χ0) is 9.26. The number of aryl methyl sites for hydroxylation is 1. The molecule has 1 aliphatic carbocycles. The first-order chi connectivity index (χ1) is 6.29. The van der Waals surface area contributed by atoms with Crippen molar-refractivity contribution in [3.63, 3.8) is 0 Å². The Labute approximate surface area is 98.4 Å². The summed E-state index contributed by atoms with van der Waals surface area (Å²) in [5, 5.41) is 0. The zero-order valence-corrected chi connectivity index (χ0v) is 10.2. The number of hydrogen-bond acceptors (Lipinski definition) is 1. The molecule has 75 valence electrons. The van der Waals surface area contributed by atoms with Gasteiger partial charge in [-0.3, -0.25) is 0 Å². The third-order valence-electron chi connectivity index (χ3n) is 2.89. The van der Waals surface area contributed by atoms with Crippen LogP contribution in [-0.2, 0) is 25.0 Å². The maximum absolute atomic E-state index is 3.16. The molecule has 14 heavy (non-hydrogen) atoms. The predicted octanol–water partition coefficient (Wildman–Crippen LogP) is 2.42. The molecule has 1 aliphatic rings. The fourth-order valence-corrected chi connectivity index (χ4v) is 2.20. The van der Waals surface area contributed by atoms with Crippen LogP contribution in [0.15, 0.2) is 18.2 Å². The van der Waals surface area contributed by atoms with Crippen LogP contribution in [0.5, 0.6) is 0 Å². The molecule has 0 amide bonds. The van der Waals surface area contributed by atoms with Crippen LogP contribution in [0, 0.1) is 6.07 Å². The first kappa shape index (κ1) is 11.8. The minimum Gasteiger partial charge on any atom is -0.304 e. The topological polar surface area (TPSA) is 3.24 Å². The molecule has 0 fully saturated rings. The van der Waals surface area contributed by atoms with Gasteiger partial charge < -0.3 is 4.90 Å². The molecule has 2 heteroatoms. The molecule has 0 aromatic heterocycles. The summed E-state index contributed by atoms with van der Waals surface area (Å²) in [6.45, 7) is 0. The Morgan fingerprint density at radius 2 is 2.21 bits per heavy atom. The Morgan fingerprint density at radius 3 is 2.93 bits per heavy atom. The van der Waals surface area contributed by atoms with Crippen LogP contribution in [0.3, 0.4) is 0 Å². The van der Waals surface area contributed by atoms with Crippen LogP contribution < -0.4 is 0 Å². The summed E-state index contributed by atoms with van der Waals surface area (Å²) in [7, 11) is 4.33. The second-order valence-corrected chi connectivity index (χ2v) is 4.00. The Morgan fingerprint density at radius 1 is 1.43 bits per heavy atom. The Bertz CT molecular complexity index is 296. The molecule has 1 nitrogen and oxygen atoms in total. The van der Waals surface area contributed by atoms with Gasteiger partial charge in [0.05, 0.1) is 0 Å². The van der Waals surface area contributed by atoms with Crippen LogP contribution >= 0.6 is 0 Å². The second kappa shape index (κ2) is 5.02. The molecule has 0 saturated heterocycles. The first-order valence-electron chi connectivity index (χ1n) is 4.94. The van der Waals surface area contributed by atoms with Gasteiger partial charge in [-0.15, -0.1) is 5.56 Å². The molecular formula is C12H16NV-. The van der Waals surface area contributed by atoms with Crippen LogP contribution in [0.2, 0.25) is 0 Å². The third-order valence-corrected chi connectivity index (χ3v) is 2.89. The van der Waals surface area contributed by atoms with Gasteiger partial charge in [0, 0.05) is 24.6 Å². The minimum atomic E-state index is 0. The van der Waals surface area contributed by atoms with Gasteiger partial charge in [0.2, 0.25) is 0 Å². The van der Waals surface area contributed by atoms with Gasteiger partial charge in [-0.1, -0.05) is 12.8 Å². The van der Waals surface area contributed by atoms with Gasteiger partial charge in [-0.25, -0.2) is 0 Å². The van der Waals surface area contributed by atoms with Crippen molar-refractivity contribution >= 4 is 0 Å². The third kappa shape index (κ3) is 2.22. The minimum absolute atomic E-state index is 0. The fraction of sp³-hybridized carbons (Fsp3) is 0.500. The molecule has 0 spiro atoms. The van der Waals surface area contributed by atoms with Gasteiger partial charge in [0.15, 0.2) is 0 Å². The monoisotopic (exact) mass is 225 g/mol. The Hall–Kier alpha value is -0.236. The van der Waals surface area contributed by atoms with E-state index in [9.17, 15) is 0 Å². The fourth-order valence-electron chi connectivity index (χ4n) is 2.20. The van der Waals surface area contributed by atoms with Crippen molar-refractivity contribution in [3.05, 3.63) is 35.4 Å². The standard InChI is InChI=1S/C12H16N.V/c1-13(2)12-9-5-7-10-6-3-4-8-11(10)12;/h4,6,8,12H,5,7,9H2,1-2H3;/q-1;. The maximum Gasteiger partial charge on any atom is 0.0123 e. The average molecular weight is 225 g/mol. The SMILES string of the molecule is CN(C)C1CCCc2c[c-]ccc21.[V]. The van der Waals surface area contributed by atoms with E-state index in [1.165, 1.54) is 30.4 Å². The molecule has 0 bridgehead atoms. The summed E-state index contributed by atoms with van der Waals surface area (Å²) in [5.74, 6) is 0. The van der Waals surface area contributed by atoms with E-state index in [1.54, 1.807) is 0 Å². The van der Waals surface area contributed by atoms with E-state index < -0.39 is 0 Å². The molecule has 0 aliphatic heterocycles. The number of benzene rings is 1. The van der Waals surface area contributed by atoms with E-state index in [2.05, 4.69) is 37.2 Å². The predicted molar refractivity (Wildman–Crippen MR) is 54.6 cm³/mol. The molecule has 0 heterocycles. The van der Waals surface area contributed by atoms with Crippen LogP contribution in [0.4, 0.5) is 0 Å². The van der Waals surface area contributed by atoms with Gasteiger partial charge in [0.25, 0.3) is 0 Å². The summed E-state index contributed by atoms with van der Waals surface area (Å²) >= 11 is 0. The smallest absolute Gasteiger partial charge is 0.0123 e. The van der Waals surface area contributed by atoms with E-state index in [1.807, 2.05) is 6.07 Å². The molecular weight excluding hydrogens is 209 g/mol. The average Bonchev–Trinajstić information content (AvgIpc) is 2.17. The number of nitrogens with zero attached hydrogens (tertiary/aromatic N) is 1. The Kier molecular flexibility index (Phi) is 4.24. The number of rotatable bonds is 1. The molecule has 0 N–H and O–H groups in total. The van der Waals surface area contributed by atoms with Crippen LogP contribution in [0.1, 0.15) is 30.0 Å². The molecule has 0 saturated carbocycles. The van der Waals surface area contributed by atoms with Crippen molar-refractivity contribution < 1.29 is 18.6 Å². The van der Waals surface area contributed by atoms with Crippen molar-refractivity contribution in [3.8, 4) is 0 Å². The number of hydrogen-bond donors (Lipinski definition) is 0. The summed E-state index contributed by atoms with van der Waals surface area (Å²) in [6.07, 6.45) is 3.84. The first-order valence-corrected chi connectivity index (χ1v) is 4.94. The summed E-state index contributed by atoms with van der Waals surface area (Å²) < 4.78 is 0. The van der Waals surface area contributed by atoms with Crippen molar-refractivity contribution in [2.45, 2.75) is 25.3 Å². The largest absolute Gasteiger partial charge is 0.304 e.